The molecule has 1 heterocycles. The minimum atomic E-state index is -0.367. The largest absolute Gasteiger partial charge is 0.349 e. The summed E-state index contributed by atoms with van der Waals surface area (Å²) in [6.45, 7) is 5.65. The molecule has 1 aliphatic carbocycles. The number of carbonyl (C=O) groups is 1. The zero-order chi connectivity index (χ0) is 18.8. The Hall–Kier alpha value is -2.87. The Morgan fingerprint density at radius 2 is 2.12 bits per heavy atom. The lowest BCUT2D eigenvalue weighted by atomic mass is 9.99. The highest BCUT2D eigenvalue weighted by molar-refractivity contribution is 5.77. The van der Waals surface area contributed by atoms with Gasteiger partial charge in [0.25, 0.3) is 5.56 Å². The van der Waals surface area contributed by atoms with Crippen LogP contribution in [0.2, 0.25) is 0 Å². The molecule has 2 aromatic rings. The van der Waals surface area contributed by atoms with Crippen LogP contribution in [-0.2, 0) is 17.6 Å². The highest BCUT2D eigenvalue weighted by Gasteiger charge is 2.24. The van der Waals surface area contributed by atoms with Crippen molar-refractivity contribution in [2.75, 3.05) is 0 Å². The van der Waals surface area contributed by atoms with E-state index in [1.807, 2.05) is 6.07 Å². The van der Waals surface area contributed by atoms with Crippen LogP contribution >= 0.6 is 0 Å². The molecule has 5 nitrogen and oxygen atoms in total. The number of aromatic nitrogens is 1. The summed E-state index contributed by atoms with van der Waals surface area (Å²) in [6, 6.07) is 8.41. The normalized spacial score (nSPS) is 15.4. The summed E-state index contributed by atoms with van der Waals surface area (Å²) in [5.41, 5.74) is 5.81. The fourth-order valence-corrected chi connectivity index (χ4v) is 3.82. The Labute approximate surface area is 153 Å². The number of nitriles is 1. The summed E-state index contributed by atoms with van der Waals surface area (Å²) < 4.78 is 0. The average molecular weight is 349 g/mol. The lowest BCUT2D eigenvalue weighted by Crippen LogP contribution is -2.27. The monoisotopic (exact) mass is 349 g/mol. The van der Waals surface area contributed by atoms with Crippen molar-refractivity contribution in [2.45, 2.75) is 52.5 Å². The third-order valence-electron chi connectivity index (χ3n) is 5.23. The van der Waals surface area contributed by atoms with E-state index in [0.717, 1.165) is 24.1 Å². The molecule has 3 rings (SSSR count). The SMILES string of the molecule is Cc1ccc2c(c1)CCC2NC(=O)CCc1c(C)[nH]c(=O)c(C#N)c1C. The van der Waals surface area contributed by atoms with Gasteiger partial charge in [0, 0.05) is 12.1 Å². The molecule has 2 N–H and O–H groups in total. The van der Waals surface area contributed by atoms with E-state index in [1.54, 1.807) is 13.8 Å². The topological polar surface area (TPSA) is 85.8 Å². The lowest BCUT2D eigenvalue weighted by Gasteiger charge is -2.15. The number of hydrogen-bond acceptors (Lipinski definition) is 3. The predicted molar refractivity (Wildman–Crippen MR) is 100.0 cm³/mol. The number of nitrogens with one attached hydrogen (secondary N) is 2. The summed E-state index contributed by atoms with van der Waals surface area (Å²) in [6.07, 6.45) is 2.75. The molecule has 1 atom stereocenters. The van der Waals surface area contributed by atoms with Crippen molar-refractivity contribution >= 4 is 5.91 Å². The first-order valence-electron chi connectivity index (χ1n) is 8.92. The second-order valence-corrected chi connectivity index (χ2v) is 7.03. The fraction of sp³-hybridized carbons (Fsp3) is 0.381. The van der Waals surface area contributed by atoms with E-state index in [0.29, 0.717) is 18.4 Å². The van der Waals surface area contributed by atoms with Crippen LogP contribution in [0.3, 0.4) is 0 Å². The number of fused-ring (bicyclic) bond motifs is 1. The molecule has 1 amide bonds. The van der Waals surface area contributed by atoms with E-state index in [9.17, 15) is 9.59 Å². The van der Waals surface area contributed by atoms with Gasteiger partial charge >= 0.3 is 0 Å². The van der Waals surface area contributed by atoms with Gasteiger partial charge in [-0.3, -0.25) is 9.59 Å². The van der Waals surface area contributed by atoms with Gasteiger partial charge < -0.3 is 10.3 Å². The molecule has 0 radical (unpaired) electrons. The average Bonchev–Trinajstić information content (AvgIpc) is 2.96. The standard InChI is InChI=1S/C21H23N3O2/c1-12-4-6-17-15(10-12)5-8-19(17)24-20(25)9-7-16-13(2)18(11-22)21(26)23-14(16)3/h4,6,10,19H,5,7-9H2,1-3H3,(H,23,26)(H,24,25). The number of benzene rings is 1. The maximum absolute atomic E-state index is 12.4. The first-order valence-corrected chi connectivity index (χ1v) is 8.92. The molecule has 0 saturated heterocycles. The third kappa shape index (κ3) is 3.41. The predicted octanol–water partition coefficient (Wildman–Crippen LogP) is 2.91. The Bertz CT molecular complexity index is 966. The van der Waals surface area contributed by atoms with Crippen LogP contribution < -0.4 is 10.9 Å². The van der Waals surface area contributed by atoms with Crippen LogP contribution in [0.4, 0.5) is 0 Å². The van der Waals surface area contributed by atoms with Crippen molar-refractivity contribution in [3.63, 3.8) is 0 Å². The molecule has 1 unspecified atom stereocenters. The quantitative estimate of drug-likeness (QED) is 0.890. The zero-order valence-corrected chi connectivity index (χ0v) is 15.4. The van der Waals surface area contributed by atoms with Gasteiger partial charge in [0.2, 0.25) is 5.91 Å². The molecule has 0 fully saturated rings. The van der Waals surface area contributed by atoms with Crippen molar-refractivity contribution in [3.05, 3.63) is 67.6 Å². The molecule has 1 aromatic carbocycles. The molecule has 134 valence electrons. The number of carbonyl (C=O) groups excluding carboxylic acids is 1. The number of rotatable bonds is 4. The number of aromatic amines is 1. The van der Waals surface area contributed by atoms with E-state index in [-0.39, 0.29) is 23.1 Å². The van der Waals surface area contributed by atoms with Crippen molar-refractivity contribution in [1.82, 2.24) is 10.3 Å². The minimum Gasteiger partial charge on any atom is -0.349 e. The second kappa shape index (κ2) is 7.17. The van der Waals surface area contributed by atoms with Gasteiger partial charge in [-0.25, -0.2) is 0 Å². The van der Waals surface area contributed by atoms with Crippen molar-refractivity contribution in [1.29, 1.82) is 5.26 Å². The van der Waals surface area contributed by atoms with Gasteiger partial charge in [-0.15, -0.1) is 0 Å². The van der Waals surface area contributed by atoms with Crippen LogP contribution in [0, 0.1) is 32.1 Å². The number of aryl methyl sites for hydroxylation is 3. The van der Waals surface area contributed by atoms with Crippen molar-refractivity contribution in [2.24, 2.45) is 0 Å². The number of nitrogens with zero attached hydrogens (tertiary/aromatic N) is 1. The smallest absolute Gasteiger partial charge is 0.266 e. The number of hydrogen-bond donors (Lipinski definition) is 2. The summed E-state index contributed by atoms with van der Waals surface area (Å²) in [5.74, 6) is -0.00747. The maximum atomic E-state index is 12.4. The first-order chi connectivity index (χ1) is 12.4. The summed E-state index contributed by atoms with van der Waals surface area (Å²) >= 11 is 0. The van der Waals surface area contributed by atoms with E-state index >= 15 is 0 Å². The number of H-pyrrole nitrogens is 1. The van der Waals surface area contributed by atoms with Crippen LogP contribution in [0.5, 0.6) is 0 Å². The molecule has 0 saturated carbocycles. The Morgan fingerprint density at radius 3 is 2.85 bits per heavy atom. The fourth-order valence-electron chi connectivity index (χ4n) is 3.82. The summed E-state index contributed by atoms with van der Waals surface area (Å²) in [5, 5.41) is 12.3. The highest BCUT2D eigenvalue weighted by atomic mass is 16.1. The molecule has 0 aliphatic heterocycles. The molecule has 26 heavy (non-hydrogen) atoms. The lowest BCUT2D eigenvalue weighted by molar-refractivity contribution is -0.121. The van der Waals surface area contributed by atoms with Gasteiger partial charge in [0.15, 0.2) is 0 Å². The van der Waals surface area contributed by atoms with Gasteiger partial charge in [0.1, 0.15) is 11.6 Å². The van der Waals surface area contributed by atoms with Crippen LogP contribution in [-0.4, -0.2) is 10.9 Å². The van der Waals surface area contributed by atoms with Crippen molar-refractivity contribution in [3.8, 4) is 6.07 Å². The molecular formula is C21H23N3O2. The summed E-state index contributed by atoms with van der Waals surface area (Å²) in [4.78, 5) is 26.9. The maximum Gasteiger partial charge on any atom is 0.266 e. The Morgan fingerprint density at radius 1 is 1.35 bits per heavy atom. The van der Waals surface area contributed by atoms with Gasteiger partial charge in [0.05, 0.1) is 6.04 Å². The summed E-state index contributed by atoms with van der Waals surface area (Å²) in [7, 11) is 0. The van der Waals surface area contributed by atoms with E-state index < -0.39 is 0 Å². The van der Waals surface area contributed by atoms with E-state index in [4.69, 9.17) is 5.26 Å². The molecule has 1 aromatic heterocycles. The number of amides is 1. The molecular weight excluding hydrogens is 326 g/mol. The Kier molecular flexibility index (Phi) is 4.94. The van der Waals surface area contributed by atoms with Gasteiger partial charge in [-0.05, 0) is 62.3 Å². The Balaban J connectivity index is 1.68. The highest BCUT2D eigenvalue weighted by Crippen LogP contribution is 2.31. The second-order valence-electron chi connectivity index (χ2n) is 7.03. The van der Waals surface area contributed by atoms with E-state index in [2.05, 4.69) is 35.4 Å². The van der Waals surface area contributed by atoms with Crippen LogP contribution in [0.1, 0.15) is 58.0 Å². The molecule has 5 heteroatoms. The van der Waals surface area contributed by atoms with E-state index in [1.165, 1.54) is 16.7 Å². The minimum absolute atomic E-state index is 0.00747. The third-order valence-corrected chi connectivity index (χ3v) is 5.23. The van der Waals surface area contributed by atoms with Gasteiger partial charge in [-0.1, -0.05) is 23.8 Å². The molecule has 0 spiro atoms. The number of pyridine rings is 1. The van der Waals surface area contributed by atoms with Crippen LogP contribution in [0.25, 0.3) is 0 Å². The van der Waals surface area contributed by atoms with Crippen molar-refractivity contribution < 1.29 is 4.79 Å². The van der Waals surface area contributed by atoms with Crippen LogP contribution in [0.15, 0.2) is 23.0 Å². The molecule has 0 bridgehead atoms. The molecule has 1 aliphatic rings. The van der Waals surface area contributed by atoms with Gasteiger partial charge in [-0.2, -0.15) is 5.26 Å². The first kappa shape index (κ1) is 17.9. The zero-order valence-electron chi connectivity index (χ0n) is 15.4.